The highest BCUT2D eigenvalue weighted by molar-refractivity contribution is 5.93. The summed E-state index contributed by atoms with van der Waals surface area (Å²) in [5, 5.41) is 10.5. The Kier molecular flexibility index (Phi) is 7.38. The SMILES string of the molecule is CC(CC(=O)Nc1ccccc1-n1ccc(C(N)=O)n1)C1CCCNC1.Cl. The van der Waals surface area contributed by atoms with E-state index in [2.05, 4.69) is 22.7 Å². The number of para-hydroxylation sites is 2. The molecule has 146 valence electrons. The lowest BCUT2D eigenvalue weighted by Gasteiger charge is -2.28. The van der Waals surface area contributed by atoms with Crippen molar-refractivity contribution in [3.8, 4) is 5.69 Å². The highest BCUT2D eigenvalue weighted by atomic mass is 35.5. The fourth-order valence-corrected chi connectivity index (χ4v) is 3.39. The Balaban J connectivity index is 0.00000261. The standard InChI is InChI=1S/C19H25N5O2.ClH/c1-13(14-5-4-9-21-12-14)11-18(25)22-15-6-2-3-7-17(15)24-10-8-16(23-24)19(20)26;/h2-3,6-8,10,13-14,21H,4-5,9,11-12H2,1H3,(H2,20,26)(H,22,25);1H. The fourth-order valence-electron chi connectivity index (χ4n) is 3.39. The van der Waals surface area contributed by atoms with E-state index < -0.39 is 5.91 Å². The minimum Gasteiger partial charge on any atom is -0.364 e. The van der Waals surface area contributed by atoms with Gasteiger partial charge in [0.05, 0.1) is 11.4 Å². The minimum absolute atomic E-state index is 0. The van der Waals surface area contributed by atoms with E-state index in [1.165, 1.54) is 12.8 Å². The van der Waals surface area contributed by atoms with Crippen LogP contribution in [-0.4, -0.2) is 34.7 Å². The molecule has 0 spiro atoms. The summed E-state index contributed by atoms with van der Waals surface area (Å²) < 4.78 is 1.55. The molecule has 2 heterocycles. The molecule has 1 aromatic heterocycles. The third-order valence-electron chi connectivity index (χ3n) is 4.91. The maximum atomic E-state index is 12.5. The lowest BCUT2D eigenvalue weighted by atomic mass is 9.85. The van der Waals surface area contributed by atoms with Crippen molar-refractivity contribution in [2.75, 3.05) is 18.4 Å². The van der Waals surface area contributed by atoms with Crippen LogP contribution in [0.25, 0.3) is 5.69 Å². The number of nitrogens with zero attached hydrogens (tertiary/aromatic N) is 2. The molecular weight excluding hydrogens is 366 g/mol. The van der Waals surface area contributed by atoms with Crippen molar-refractivity contribution < 1.29 is 9.59 Å². The van der Waals surface area contributed by atoms with E-state index in [4.69, 9.17) is 5.73 Å². The average Bonchev–Trinajstić information content (AvgIpc) is 3.13. The van der Waals surface area contributed by atoms with Gasteiger partial charge in [-0.05, 0) is 56.0 Å². The molecule has 0 bridgehead atoms. The molecule has 0 radical (unpaired) electrons. The van der Waals surface area contributed by atoms with Gasteiger partial charge in [0.2, 0.25) is 5.91 Å². The molecule has 0 aliphatic carbocycles. The number of carbonyl (C=O) groups excluding carboxylic acids is 2. The van der Waals surface area contributed by atoms with Gasteiger partial charge in [-0.25, -0.2) is 4.68 Å². The van der Waals surface area contributed by atoms with Gasteiger partial charge < -0.3 is 16.4 Å². The first kappa shape index (κ1) is 20.9. The molecule has 2 atom stereocenters. The van der Waals surface area contributed by atoms with Gasteiger partial charge in [-0.15, -0.1) is 12.4 Å². The lowest BCUT2D eigenvalue weighted by Crippen LogP contribution is -2.34. The first-order valence-electron chi connectivity index (χ1n) is 9.00. The molecule has 1 aromatic carbocycles. The second kappa shape index (κ2) is 9.53. The number of nitrogens with one attached hydrogen (secondary N) is 2. The molecule has 1 fully saturated rings. The van der Waals surface area contributed by atoms with E-state index in [9.17, 15) is 9.59 Å². The molecule has 2 unspecified atom stereocenters. The van der Waals surface area contributed by atoms with Crippen molar-refractivity contribution in [2.45, 2.75) is 26.2 Å². The number of aromatic nitrogens is 2. The lowest BCUT2D eigenvalue weighted by molar-refractivity contribution is -0.117. The predicted octanol–water partition coefficient (Wildman–Crippen LogP) is 2.36. The molecule has 27 heavy (non-hydrogen) atoms. The first-order valence-corrected chi connectivity index (χ1v) is 9.00. The van der Waals surface area contributed by atoms with Crippen LogP contribution in [0.3, 0.4) is 0 Å². The van der Waals surface area contributed by atoms with Gasteiger partial charge in [-0.1, -0.05) is 19.1 Å². The molecule has 0 saturated carbocycles. The van der Waals surface area contributed by atoms with E-state index in [0.717, 1.165) is 13.1 Å². The minimum atomic E-state index is -0.583. The van der Waals surface area contributed by atoms with Crippen molar-refractivity contribution in [2.24, 2.45) is 17.6 Å². The van der Waals surface area contributed by atoms with Crippen LogP contribution in [0.5, 0.6) is 0 Å². The van der Waals surface area contributed by atoms with Crippen LogP contribution in [0.15, 0.2) is 36.5 Å². The number of primary amides is 1. The van der Waals surface area contributed by atoms with Gasteiger partial charge in [0.25, 0.3) is 5.91 Å². The van der Waals surface area contributed by atoms with Crippen LogP contribution in [-0.2, 0) is 4.79 Å². The normalized spacial score (nSPS) is 17.6. The summed E-state index contributed by atoms with van der Waals surface area (Å²) >= 11 is 0. The summed E-state index contributed by atoms with van der Waals surface area (Å²) in [7, 11) is 0. The maximum Gasteiger partial charge on any atom is 0.269 e. The van der Waals surface area contributed by atoms with Crippen molar-refractivity contribution in [1.82, 2.24) is 15.1 Å². The van der Waals surface area contributed by atoms with Crippen molar-refractivity contribution >= 4 is 29.9 Å². The molecule has 1 aliphatic rings. The van der Waals surface area contributed by atoms with E-state index in [-0.39, 0.29) is 24.0 Å². The molecule has 7 nitrogen and oxygen atoms in total. The van der Waals surface area contributed by atoms with E-state index in [0.29, 0.717) is 29.6 Å². The summed E-state index contributed by atoms with van der Waals surface area (Å²) in [4.78, 5) is 23.8. The topological polar surface area (TPSA) is 102 Å². The van der Waals surface area contributed by atoms with Gasteiger partial charge in [0, 0.05) is 12.6 Å². The summed E-state index contributed by atoms with van der Waals surface area (Å²) in [6.07, 6.45) is 4.47. The number of carbonyl (C=O) groups is 2. The number of piperidine rings is 1. The van der Waals surface area contributed by atoms with Crippen LogP contribution in [0, 0.1) is 11.8 Å². The first-order chi connectivity index (χ1) is 12.5. The second-order valence-electron chi connectivity index (χ2n) is 6.86. The van der Waals surface area contributed by atoms with Crippen LogP contribution >= 0.6 is 12.4 Å². The highest BCUT2D eigenvalue weighted by Crippen LogP contribution is 2.24. The van der Waals surface area contributed by atoms with E-state index in [1.807, 2.05) is 24.3 Å². The molecule has 1 aliphatic heterocycles. The monoisotopic (exact) mass is 391 g/mol. The molecule has 8 heteroatoms. The number of nitrogens with two attached hydrogens (primary N) is 1. The molecule has 2 amide bonds. The summed E-state index contributed by atoms with van der Waals surface area (Å²) in [6.45, 7) is 4.18. The number of hydrogen-bond acceptors (Lipinski definition) is 4. The Hall–Kier alpha value is -2.38. The van der Waals surface area contributed by atoms with Gasteiger partial charge in [0.15, 0.2) is 0 Å². The van der Waals surface area contributed by atoms with E-state index >= 15 is 0 Å². The maximum absolute atomic E-state index is 12.5. The quantitative estimate of drug-likeness (QED) is 0.703. The van der Waals surface area contributed by atoms with Gasteiger partial charge in [-0.2, -0.15) is 5.10 Å². The average molecular weight is 392 g/mol. The molecular formula is C19H26ClN5O2. The van der Waals surface area contributed by atoms with Crippen LogP contribution < -0.4 is 16.4 Å². The number of benzene rings is 1. The number of rotatable bonds is 6. The van der Waals surface area contributed by atoms with Crippen LogP contribution in [0.2, 0.25) is 0 Å². The Bertz CT molecular complexity index is 786. The van der Waals surface area contributed by atoms with Crippen molar-refractivity contribution in [3.05, 3.63) is 42.2 Å². The van der Waals surface area contributed by atoms with Crippen LogP contribution in [0.1, 0.15) is 36.7 Å². The molecule has 3 rings (SSSR count). The Labute approximate surface area is 165 Å². The number of anilines is 1. The third kappa shape index (κ3) is 5.30. The molecule has 1 saturated heterocycles. The zero-order valence-corrected chi connectivity index (χ0v) is 16.2. The summed E-state index contributed by atoms with van der Waals surface area (Å²) in [5.74, 6) is 0.258. The van der Waals surface area contributed by atoms with Gasteiger partial charge in [-0.3, -0.25) is 9.59 Å². The predicted molar refractivity (Wildman–Crippen MR) is 107 cm³/mol. The Morgan fingerprint density at radius 1 is 1.37 bits per heavy atom. The smallest absolute Gasteiger partial charge is 0.269 e. The number of halogens is 1. The molecule has 4 N–H and O–H groups in total. The highest BCUT2D eigenvalue weighted by Gasteiger charge is 2.22. The van der Waals surface area contributed by atoms with Crippen molar-refractivity contribution in [1.29, 1.82) is 0 Å². The van der Waals surface area contributed by atoms with Gasteiger partial charge in [0.1, 0.15) is 5.69 Å². The number of hydrogen-bond donors (Lipinski definition) is 3. The number of amides is 2. The summed E-state index contributed by atoms with van der Waals surface area (Å²) in [6, 6.07) is 8.92. The third-order valence-corrected chi connectivity index (χ3v) is 4.91. The van der Waals surface area contributed by atoms with Crippen LogP contribution in [0.4, 0.5) is 5.69 Å². The Morgan fingerprint density at radius 2 is 2.15 bits per heavy atom. The molecule has 2 aromatic rings. The van der Waals surface area contributed by atoms with Gasteiger partial charge >= 0.3 is 0 Å². The van der Waals surface area contributed by atoms with Crippen molar-refractivity contribution in [3.63, 3.8) is 0 Å². The second-order valence-corrected chi connectivity index (χ2v) is 6.86. The summed E-state index contributed by atoms with van der Waals surface area (Å²) in [5.41, 5.74) is 6.80. The fraction of sp³-hybridized carbons (Fsp3) is 0.421. The Morgan fingerprint density at radius 3 is 2.81 bits per heavy atom. The van der Waals surface area contributed by atoms with E-state index in [1.54, 1.807) is 16.9 Å². The zero-order valence-electron chi connectivity index (χ0n) is 15.4. The zero-order chi connectivity index (χ0) is 18.5. The largest absolute Gasteiger partial charge is 0.364 e.